The third kappa shape index (κ3) is 4.10. The van der Waals surface area contributed by atoms with E-state index in [1.807, 2.05) is 6.92 Å². The minimum atomic E-state index is -0.213. The van der Waals surface area contributed by atoms with Gasteiger partial charge >= 0.3 is 0 Å². The summed E-state index contributed by atoms with van der Waals surface area (Å²) < 4.78 is 0. The molecule has 4 heteroatoms. The third-order valence-electron chi connectivity index (χ3n) is 2.07. The lowest BCUT2D eigenvalue weighted by Crippen LogP contribution is -2.23. The molecule has 1 aromatic rings. The number of benzene rings is 1. The van der Waals surface area contributed by atoms with E-state index in [4.69, 9.17) is 16.7 Å². The van der Waals surface area contributed by atoms with Crippen molar-refractivity contribution in [3.05, 3.63) is 34.3 Å². The van der Waals surface area contributed by atoms with Crippen LogP contribution >= 0.6 is 11.6 Å². The van der Waals surface area contributed by atoms with Crippen molar-refractivity contribution < 1.29 is 9.90 Å². The number of amides is 1. The normalized spacial score (nSPS) is 9.35. The topological polar surface area (TPSA) is 49.3 Å². The van der Waals surface area contributed by atoms with Crippen LogP contribution in [0.25, 0.3) is 0 Å². The van der Waals surface area contributed by atoms with Gasteiger partial charge in [-0.3, -0.25) is 4.79 Å². The molecule has 0 heterocycles. The summed E-state index contributed by atoms with van der Waals surface area (Å²) in [5.74, 6) is 5.07. The van der Waals surface area contributed by atoms with Gasteiger partial charge in [0, 0.05) is 17.7 Å². The van der Waals surface area contributed by atoms with E-state index in [2.05, 4.69) is 17.2 Å². The first-order valence-corrected chi connectivity index (χ1v) is 5.74. The standard InChI is InChI=1S/C13H14ClNO2/c1-2-7-15-13(17)11-6-5-10(4-3-8-16)12(14)9-11/h5-6,9,16H,2,7-8H2,1H3,(H,15,17). The molecule has 0 aliphatic rings. The van der Waals surface area contributed by atoms with Crippen molar-refractivity contribution in [3.63, 3.8) is 0 Å². The number of aliphatic hydroxyl groups is 1. The van der Waals surface area contributed by atoms with Gasteiger partial charge in [-0.2, -0.15) is 0 Å². The van der Waals surface area contributed by atoms with E-state index >= 15 is 0 Å². The molecule has 2 N–H and O–H groups in total. The SMILES string of the molecule is CCCNC(=O)c1ccc(C#CCO)c(Cl)c1. The number of carbonyl (C=O) groups excluding carboxylic acids is 1. The molecule has 0 saturated heterocycles. The van der Waals surface area contributed by atoms with Crippen molar-refractivity contribution in [2.75, 3.05) is 13.2 Å². The number of hydrogen-bond acceptors (Lipinski definition) is 2. The van der Waals surface area contributed by atoms with Crippen LogP contribution in [0.15, 0.2) is 18.2 Å². The second kappa shape index (κ2) is 6.95. The molecule has 0 unspecified atom stereocenters. The van der Waals surface area contributed by atoms with Gasteiger partial charge in [-0.1, -0.05) is 30.4 Å². The minimum absolute atomic E-state index is 0.143. The first kappa shape index (κ1) is 13.6. The molecule has 0 saturated carbocycles. The maximum absolute atomic E-state index is 11.6. The van der Waals surface area contributed by atoms with Crippen molar-refractivity contribution in [2.45, 2.75) is 13.3 Å². The second-order valence-corrected chi connectivity index (χ2v) is 3.82. The molecular formula is C13H14ClNO2. The largest absolute Gasteiger partial charge is 0.384 e. The van der Waals surface area contributed by atoms with Crippen LogP contribution in [0.4, 0.5) is 0 Å². The van der Waals surface area contributed by atoms with Crippen LogP contribution < -0.4 is 5.32 Å². The van der Waals surface area contributed by atoms with Crippen LogP contribution in [-0.2, 0) is 0 Å². The quantitative estimate of drug-likeness (QED) is 0.806. The maximum atomic E-state index is 11.6. The summed E-state index contributed by atoms with van der Waals surface area (Å²) >= 11 is 5.98. The Kier molecular flexibility index (Phi) is 5.55. The molecule has 0 radical (unpaired) electrons. The van der Waals surface area contributed by atoms with Crippen LogP contribution in [0.1, 0.15) is 29.3 Å². The summed E-state index contributed by atoms with van der Waals surface area (Å²) in [5, 5.41) is 11.8. The summed E-state index contributed by atoms with van der Waals surface area (Å²) in [7, 11) is 0. The molecule has 17 heavy (non-hydrogen) atoms. The zero-order valence-electron chi connectivity index (χ0n) is 9.59. The minimum Gasteiger partial charge on any atom is -0.384 e. The number of hydrogen-bond donors (Lipinski definition) is 2. The van der Waals surface area contributed by atoms with E-state index in [9.17, 15) is 4.79 Å². The second-order valence-electron chi connectivity index (χ2n) is 3.41. The van der Waals surface area contributed by atoms with Gasteiger partial charge in [0.05, 0.1) is 5.02 Å². The Labute approximate surface area is 106 Å². The van der Waals surface area contributed by atoms with E-state index in [1.165, 1.54) is 0 Å². The Balaban J connectivity index is 2.85. The summed E-state index contributed by atoms with van der Waals surface area (Å²) in [5.41, 5.74) is 1.12. The Hall–Kier alpha value is -1.50. The van der Waals surface area contributed by atoms with Gasteiger partial charge in [-0.25, -0.2) is 0 Å². The van der Waals surface area contributed by atoms with E-state index in [0.29, 0.717) is 22.7 Å². The first-order chi connectivity index (χ1) is 8.19. The van der Waals surface area contributed by atoms with Gasteiger partial charge in [0.15, 0.2) is 0 Å². The average molecular weight is 252 g/mol. The molecule has 3 nitrogen and oxygen atoms in total. The van der Waals surface area contributed by atoms with Gasteiger partial charge in [-0.05, 0) is 24.6 Å². The molecule has 0 aliphatic heterocycles. The summed E-state index contributed by atoms with van der Waals surface area (Å²) in [6, 6.07) is 4.91. The lowest BCUT2D eigenvalue weighted by molar-refractivity contribution is 0.0953. The predicted molar refractivity (Wildman–Crippen MR) is 68.0 cm³/mol. The third-order valence-corrected chi connectivity index (χ3v) is 2.38. The fourth-order valence-corrected chi connectivity index (χ4v) is 1.46. The molecule has 1 amide bonds. The number of rotatable bonds is 3. The zero-order valence-corrected chi connectivity index (χ0v) is 10.3. The monoisotopic (exact) mass is 251 g/mol. The molecule has 0 aliphatic carbocycles. The van der Waals surface area contributed by atoms with Crippen LogP contribution in [0.3, 0.4) is 0 Å². The lowest BCUT2D eigenvalue weighted by Gasteiger charge is -2.04. The molecule has 0 bridgehead atoms. The molecule has 0 fully saturated rings. The fraction of sp³-hybridized carbons (Fsp3) is 0.308. The highest BCUT2D eigenvalue weighted by molar-refractivity contribution is 6.32. The van der Waals surface area contributed by atoms with Gasteiger partial charge in [0.25, 0.3) is 5.91 Å². The van der Waals surface area contributed by atoms with E-state index in [-0.39, 0.29) is 12.5 Å². The van der Waals surface area contributed by atoms with Gasteiger partial charge in [0.1, 0.15) is 6.61 Å². The van der Waals surface area contributed by atoms with Crippen LogP contribution in [0, 0.1) is 11.8 Å². The molecule has 0 atom stereocenters. The van der Waals surface area contributed by atoms with E-state index in [1.54, 1.807) is 18.2 Å². The van der Waals surface area contributed by atoms with Crippen LogP contribution in [0.2, 0.25) is 5.02 Å². The van der Waals surface area contributed by atoms with Crippen LogP contribution in [-0.4, -0.2) is 24.2 Å². The first-order valence-electron chi connectivity index (χ1n) is 5.36. The number of nitrogens with one attached hydrogen (secondary N) is 1. The predicted octanol–water partition coefficient (Wildman–Crippen LogP) is 1.82. The smallest absolute Gasteiger partial charge is 0.251 e. The highest BCUT2D eigenvalue weighted by Gasteiger charge is 2.06. The summed E-state index contributed by atoms with van der Waals surface area (Å²) in [6.45, 7) is 2.42. The Morgan fingerprint density at radius 3 is 2.88 bits per heavy atom. The molecule has 1 aromatic carbocycles. The average Bonchev–Trinajstić information content (AvgIpc) is 2.34. The van der Waals surface area contributed by atoms with Crippen molar-refractivity contribution in [1.29, 1.82) is 0 Å². The molecular weight excluding hydrogens is 238 g/mol. The molecule has 0 spiro atoms. The Bertz CT molecular complexity index is 460. The maximum Gasteiger partial charge on any atom is 0.251 e. The molecule has 90 valence electrons. The molecule has 0 aromatic heterocycles. The highest BCUT2D eigenvalue weighted by atomic mass is 35.5. The van der Waals surface area contributed by atoms with Gasteiger partial charge < -0.3 is 10.4 Å². The van der Waals surface area contributed by atoms with Gasteiger partial charge in [-0.15, -0.1) is 0 Å². The van der Waals surface area contributed by atoms with Crippen molar-refractivity contribution in [2.24, 2.45) is 0 Å². The van der Waals surface area contributed by atoms with Gasteiger partial charge in [0.2, 0.25) is 0 Å². The fourth-order valence-electron chi connectivity index (χ4n) is 1.23. The Morgan fingerprint density at radius 1 is 1.53 bits per heavy atom. The highest BCUT2D eigenvalue weighted by Crippen LogP contribution is 2.16. The lowest BCUT2D eigenvalue weighted by atomic mass is 10.1. The number of carbonyl (C=O) groups is 1. The summed E-state index contributed by atoms with van der Waals surface area (Å²) in [4.78, 5) is 11.6. The van der Waals surface area contributed by atoms with E-state index in [0.717, 1.165) is 6.42 Å². The van der Waals surface area contributed by atoms with Crippen LogP contribution in [0.5, 0.6) is 0 Å². The Morgan fingerprint density at radius 2 is 2.29 bits per heavy atom. The van der Waals surface area contributed by atoms with Crippen molar-refractivity contribution in [1.82, 2.24) is 5.32 Å². The number of halogens is 1. The van der Waals surface area contributed by atoms with Crippen molar-refractivity contribution in [3.8, 4) is 11.8 Å². The molecule has 1 rings (SSSR count). The van der Waals surface area contributed by atoms with Crippen molar-refractivity contribution >= 4 is 17.5 Å². The zero-order chi connectivity index (χ0) is 12.7. The van der Waals surface area contributed by atoms with E-state index < -0.39 is 0 Å². The number of aliphatic hydroxyl groups excluding tert-OH is 1. The summed E-state index contributed by atoms with van der Waals surface area (Å²) in [6.07, 6.45) is 0.888.